The van der Waals surface area contributed by atoms with E-state index in [0.717, 1.165) is 11.4 Å². The Morgan fingerprint density at radius 1 is 1.25 bits per heavy atom. The van der Waals surface area contributed by atoms with Crippen molar-refractivity contribution in [3.05, 3.63) is 24.3 Å². The average Bonchev–Trinajstić information content (AvgIpc) is 2.38. The molecule has 0 unspecified atom stereocenters. The number of nitrogens with zero attached hydrogens (tertiary/aromatic N) is 4. The van der Waals surface area contributed by atoms with Gasteiger partial charge in [0.25, 0.3) is 0 Å². The van der Waals surface area contributed by atoms with Crippen LogP contribution >= 0.6 is 0 Å². The number of aromatic nitrogens is 3. The second kappa shape index (κ2) is 6.05. The molecule has 2 rings (SSSR count). The van der Waals surface area contributed by atoms with Crippen LogP contribution in [0.15, 0.2) is 24.3 Å². The normalized spacial score (nSPS) is 10.2. The molecule has 0 aliphatic carbocycles. The van der Waals surface area contributed by atoms with Gasteiger partial charge < -0.3 is 20.7 Å². The molecule has 0 aliphatic rings. The lowest BCUT2D eigenvalue weighted by molar-refractivity contribution is 0.312. The standard InChI is InChI=1S/C13H18N6O/c1-4-20-13-17-11(14)16-12(18-13)15-9-6-5-7-10(8-9)19(2)3/h5-8H,4H2,1-3H3,(H3,14,15,16,17,18). The summed E-state index contributed by atoms with van der Waals surface area (Å²) in [5.74, 6) is 0.478. The predicted octanol–water partition coefficient (Wildman–Crippen LogP) is 1.66. The van der Waals surface area contributed by atoms with Crippen LogP contribution in [0.2, 0.25) is 0 Å². The summed E-state index contributed by atoms with van der Waals surface area (Å²) in [7, 11) is 3.96. The lowest BCUT2D eigenvalue weighted by Gasteiger charge is -2.14. The van der Waals surface area contributed by atoms with Crippen molar-refractivity contribution in [1.82, 2.24) is 15.0 Å². The summed E-state index contributed by atoms with van der Waals surface area (Å²) in [5, 5.41) is 3.09. The van der Waals surface area contributed by atoms with Crippen LogP contribution < -0.4 is 20.7 Å². The second-order valence-electron chi connectivity index (χ2n) is 4.30. The highest BCUT2D eigenvalue weighted by atomic mass is 16.5. The molecule has 0 spiro atoms. The molecule has 2 aromatic rings. The molecule has 0 bridgehead atoms. The van der Waals surface area contributed by atoms with Crippen molar-refractivity contribution in [3.8, 4) is 6.01 Å². The lowest BCUT2D eigenvalue weighted by atomic mass is 10.2. The number of ether oxygens (including phenoxy) is 1. The molecule has 0 atom stereocenters. The predicted molar refractivity (Wildman–Crippen MR) is 79.5 cm³/mol. The molecule has 3 N–H and O–H groups in total. The number of benzene rings is 1. The molecule has 0 radical (unpaired) electrons. The van der Waals surface area contributed by atoms with Gasteiger partial charge in [0.15, 0.2) is 0 Å². The first-order valence-electron chi connectivity index (χ1n) is 6.27. The minimum atomic E-state index is 0.120. The lowest BCUT2D eigenvalue weighted by Crippen LogP contribution is -2.09. The number of nitrogens with two attached hydrogens (primary N) is 1. The van der Waals surface area contributed by atoms with E-state index in [1.54, 1.807) is 0 Å². The number of hydrogen-bond donors (Lipinski definition) is 2. The van der Waals surface area contributed by atoms with Gasteiger partial charge in [-0.05, 0) is 25.1 Å². The molecule has 0 saturated heterocycles. The smallest absolute Gasteiger partial charge is 0.323 e. The summed E-state index contributed by atoms with van der Waals surface area (Å²) in [6.07, 6.45) is 0. The summed E-state index contributed by atoms with van der Waals surface area (Å²) < 4.78 is 5.24. The van der Waals surface area contributed by atoms with Crippen LogP contribution in [0, 0.1) is 0 Å². The zero-order valence-electron chi connectivity index (χ0n) is 11.8. The van der Waals surface area contributed by atoms with Gasteiger partial charge in [-0.2, -0.15) is 15.0 Å². The number of anilines is 4. The van der Waals surface area contributed by atoms with E-state index in [1.807, 2.05) is 50.2 Å². The molecule has 7 nitrogen and oxygen atoms in total. The first-order valence-corrected chi connectivity index (χ1v) is 6.27. The largest absolute Gasteiger partial charge is 0.464 e. The van der Waals surface area contributed by atoms with Gasteiger partial charge in [-0.25, -0.2) is 0 Å². The topological polar surface area (TPSA) is 89.2 Å². The van der Waals surface area contributed by atoms with Crippen LogP contribution in [0.3, 0.4) is 0 Å². The maximum Gasteiger partial charge on any atom is 0.323 e. The Hall–Kier alpha value is -2.57. The van der Waals surface area contributed by atoms with Crippen LogP contribution in [0.5, 0.6) is 6.01 Å². The van der Waals surface area contributed by atoms with Gasteiger partial charge in [-0.15, -0.1) is 0 Å². The molecule has 0 fully saturated rings. The maximum absolute atomic E-state index is 5.63. The quantitative estimate of drug-likeness (QED) is 0.857. The van der Waals surface area contributed by atoms with Crippen LogP contribution in [-0.4, -0.2) is 35.7 Å². The van der Waals surface area contributed by atoms with Crippen LogP contribution in [-0.2, 0) is 0 Å². The van der Waals surface area contributed by atoms with Crippen molar-refractivity contribution in [2.24, 2.45) is 0 Å². The van der Waals surface area contributed by atoms with Gasteiger partial charge in [0.05, 0.1) is 6.61 Å². The van der Waals surface area contributed by atoms with E-state index >= 15 is 0 Å². The number of nitrogens with one attached hydrogen (secondary N) is 1. The summed E-state index contributed by atoms with van der Waals surface area (Å²) in [4.78, 5) is 14.1. The Balaban J connectivity index is 2.23. The Morgan fingerprint density at radius 2 is 2.05 bits per heavy atom. The van der Waals surface area contributed by atoms with Crippen molar-refractivity contribution >= 4 is 23.3 Å². The van der Waals surface area contributed by atoms with E-state index in [9.17, 15) is 0 Å². The third kappa shape index (κ3) is 3.47. The van der Waals surface area contributed by atoms with Crippen LogP contribution in [0.1, 0.15) is 6.92 Å². The SMILES string of the molecule is CCOc1nc(N)nc(Nc2cccc(N(C)C)c2)n1. The van der Waals surface area contributed by atoms with E-state index in [-0.39, 0.29) is 12.0 Å². The minimum Gasteiger partial charge on any atom is -0.464 e. The Labute approximate surface area is 117 Å². The molecule has 0 saturated carbocycles. The highest BCUT2D eigenvalue weighted by Gasteiger charge is 2.06. The summed E-state index contributed by atoms with van der Waals surface area (Å²) in [6, 6.07) is 8.09. The van der Waals surface area contributed by atoms with Crippen molar-refractivity contribution in [2.45, 2.75) is 6.92 Å². The zero-order chi connectivity index (χ0) is 14.5. The van der Waals surface area contributed by atoms with Gasteiger partial charge in [0, 0.05) is 25.5 Å². The highest BCUT2D eigenvalue weighted by molar-refractivity contribution is 5.61. The molecule has 0 aliphatic heterocycles. The zero-order valence-corrected chi connectivity index (χ0v) is 11.8. The fraction of sp³-hybridized carbons (Fsp3) is 0.308. The first kappa shape index (κ1) is 13.9. The average molecular weight is 274 g/mol. The second-order valence-corrected chi connectivity index (χ2v) is 4.30. The maximum atomic E-state index is 5.63. The fourth-order valence-corrected chi connectivity index (χ4v) is 1.61. The number of hydrogen-bond acceptors (Lipinski definition) is 7. The minimum absolute atomic E-state index is 0.120. The van der Waals surface area contributed by atoms with Crippen LogP contribution in [0.25, 0.3) is 0 Å². The Morgan fingerprint density at radius 3 is 2.75 bits per heavy atom. The van der Waals surface area contributed by atoms with Gasteiger partial charge in [-0.3, -0.25) is 0 Å². The van der Waals surface area contributed by atoms with Crippen molar-refractivity contribution in [1.29, 1.82) is 0 Å². The highest BCUT2D eigenvalue weighted by Crippen LogP contribution is 2.20. The number of rotatable bonds is 5. The van der Waals surface area contributed by atoms with Gasteiger partial charge in [0.2, 0.25) is 11.9 Å². The van der Waals surface area contributed by atoms with Crippen molar-refractivity contribution in [2.75, 3.05) is 36.7 Å². The van der Waals surface area contributed by atoms with Crippen LogP contribution in [0.4, 0.5) is 23.3 Å². The summed E-state index contributed by atoms with van der Waals surface area (Å²) in [6.45, 7) is 2.33. The monoisotopic (exact) mass is 274 g/mol. The fourth-order valence-electron chi connectivity index (χ4n) is 1.61. The molecule has 1 heterocycles. The van der Waals surface area contributed by atoms with E-state index < -0.39 is 0 Å². The third-order valence-corrected chi connectivity index (χ3v) is 2.52. The van der Waals surface area contributed by atoms with E-state index in [1.165, 1.54) is 0 Å². The molecule has 1 aromatic heterocycles. The van der Waals surface area contributed by atoms with E-state index in [0.29, 0.717) is 12.6 Å². The summed E-state index contributed by atoms with van der Waals surface area (Å²) in [5.41, 5.74) is 7.57. The third-order valence-electron chi connectivity index (χ3n) is 2.52. The van der Waals surface area contributed by atoms with Gasteiger partial charge in [-0.1, -0.05) is 6.07 Å². The molecule has 7 heteroatoms. The molecule has 1 aromatic carbocycles. The van der Waals surface area contributed by atoms with E-state index in [2.05, 4.69) is 20.3 Å². The first-order chi connectivity index (χ1) is 9.58. The molecule has 0 amide bonds. The van der Waals surface area contributed by atoms with Crippen molar-refractivity contribution < 1.29 is 4.74 Å². The molecule has 106 valence electrons. The Bertz CT molecular complexity index is 587. The van der Waals surface area contributed by atoms with Gasteiger partial charge in [0.1, 0.15) is 0 Å². The summed E-state index contributed by atoms with van der Waals surface area (Å²) >= 11 is 0. The molecule has 20 heavy (non-hydrogen) atoms. The van der Waals surface area contributed by atoms with E-state index in [4.69, 9.17) is 10.5 Å². The number of nitrogen functional groups attached to an aromatic ring is 1. The Kier molecular flexibility index (Phi) is 4.19. The molecular formula is C13H18N6O. The van der Waals surface area contributed by atoms with Gasteiger partial charge >= 0.3 is 6.01 Å². The molecular weight excluding hydrogens is 256 g/mol. The van der Waals surface area contributed by atoms with Crippen molar-refractivity contribution in [3.63, 3.8) is 0 Å².